The Morgan fingerprint density at radius 1 is 1.18 bits per heavy atom. The van der Waals surface area contributed by atoms with E-state index < -0.39 is 23.4 Å². The third kappa shape index (κ3) is 4.10. The Labute approximate surface area is 127 Å². The summed E-state index contributed by atoms with van der Waals surface area (Å²) in [5.74, 6) is -2.73. The van der Waals surface area contributed by atoms with Crippen LogP contribution in [0.15, 0.2) is 18.2 Å². The molecule has 1 aromatic rings. The van der Waals surface area contributed by atoms with Crippen molar-refractivity contribution in [2.75, 3.05) is 7.11 Å². The van der Waals surface area contributed by atoms with Gasteiger partial charge in [0.15, 0.2) is 5.78 Å². The van der Waals surface area contributed by atoms with Crippen molar-refractivity contribution >= 4 is 11.8 Å². The van der Waals surface area contributed by atoms with Crippen LogP contribution in [0.25, 0.3) is 0 Å². The van der Waals surface area contributed by atoms with Crippen LogP contribution in [0.4, 0.5) is 8.78 Å². The van der Waals surface area contributed by atoms with Crippen LogP contribution < -0.4 is 0 Å². The van der Waals surface area contributed by atoms with E-state index in [0.717, 1.165) is 31.4 Å². The van der Waals surface area contributed by atoms with Gasteiger partial charge in [-0.1, -0.05) is 0 Å². The monoisotopic (exact) mass is 312 g/mol. The Bertz CT molecular complexity index is 559. The van der Waals surface area contributed by atoms with Crippen molar-refractivity contribution in [3.8, 4) is 0 Å². The highest BCUT2D eigenvalue weighted by molar-refractivity contribution is 5.97. The van der Waals surface area contributed by atoms with Crippen LogP contribution in [0.5, 0.6) is 0 Å². The molecule has 1 saturated carbocycles. The molecule has 2 atom stereocenters. The molecule has 0 N–H and O–H groups in total. The van der Waals surface area contributed by atoms with Crippen molar-refractivity contribution in [3.05, 3.63) is 35.4 Å². The topological polar surface area (TPSA) is 52.6 Å². The average molecular weight is 312 g/mol. The number of hydrogen-bond acceptors (Lipinski definition) is 4. The maximum Gasteiger partial charge on any atom is 0.306 e. The van der Waals surface area contributed by atoms with Gasteiger partial charge in [0.25, 0.3) is 0 Å². The first-order chi connectivity index (χ1) is 10.5. The summed E-state index contributed by atoms with van der Waals surface area (Å²) in [6, 6.07) is 2.74. The number of halogens is 2. The van der Waals surface area contributed by atoms with E-state index in [4.69, 9.17) is 9.47 Å². The fourth-order valence-electron chi connectivity index (χ4n) is 2.59. The summed E-state index contributed by atoms with van der Waals surface area (Å²) in [5, 5.41) is 0. The maximum atomic E-state index is 13.5. The minimum absolute atomic E-state index is 0.103. The number of Topliss-reactive ketones (excluding diaryl/α,β-unsaturated/α-hetero) is 1. The van der Waals surface area contributed by atoms with Crippen molar-refractivity contribution in [3.63, 3.8) is 0 Å². The fraction of sp³-hybridized carbons (Fsp3) is 0.500. The largest absolute Gasteiger partial charge is 0.460 e. The zero-order valence-corrected chi connectivity index (χ0v) is 12.3. The summed E-state index contributed by atoms with van der Waals surface area (Å²) >= 11 is 0. The van der Waals surface area contributed by atoms with Gasteiger partial charge in [0.05, 0.1) is 18.1 Å². The Morgan fingerprint density at radius 3 is 2.59 bits per heavy atom. The molecule has 1 aliphatic rings. The quantitative estimate of drug-likeness (QED) is 0.598. The second-order valence-electron chi connectivity index (χ2n) is 5.28. The molecule has 0 amide bonds. The maximum absolute atomic E-state index is 13.5. The molecule has 1 aliphatic carbocycles. The number of carbonyl (C=O) groups excluding carboxylic acids is 2. The normalized spacial score (nSPS) is 20.9. The standard InChI is InChI=1S/C16H18F2O4/c1-21-14-3-2-4-15(14)22-16(20)8-7-13(19)11-6-5-10(17)9-12(11)18/h5-6,9,14-15H,2-4,7-8H2,1H3/t14-,15+/m1/s1. The van der Waals surface area contributed by atoms with Crippen LogP contribution in [0, 0.1) is 11.6 Å². The van der Waals surface area contributed by atoms with Crippen molar-refractivity contribution in [2.45, 2.75) is 44.3 Å². The zero-order valence-electron chi connectivity index (χ0n) is 12.3. The average Bonchev–Trinajstić information content (AvgIpc) is 2.92. The number of methoxy groups -OCH3 is 1. The van der Waals surface area contributed by atoms with Crippen molar-refractivity contribution in [1.82, 2.24) is 0 Å². The number of rotatable bonds is 6. The number of ether oxygens (including phenoxy) is 2. The van der Waals surface area contributed by atoms with Crippen LogP contribution >= 0.6 is 0 Å². The van der Waals surface area contributed by atoms with Crippen LogP contribution in [0.1, 0.15) is 42.5 Å². The number of carbonyl (C=O) groups is 2. The van der Waals surface area contributed by atoms with Crippen LogP contribution in [0.2, 0.25) is 0 Å². The van der Waals surface area contributed by atoms with Crippen molar-refractivity contribution in [1.29, 1.82) is 0 Å². The first-order valence-corrected chi connectivity index (χ1v) is 7.21. The molecular formula is C16H18F2O4. The summed E-state index contributed by atoms with van der Waals surface area (Å²) in [4.78, 5) is 23.6. The SMILES string of the molecule is CO[C@@H]1CCC[C@@H]1OC(=O)CCC(=O)c1ccc(F)cc1F. The van der Waals surface area contributed by atoms with Gasteiger partial charge in [-0.05, 0) is 31.4 Å². The predicted molar refractivity (Wildman–Crippen MR) is 74.5 cm³/mol. The first-order valence-electron chi connectivity index (χ1n) is 7.21. The van der Waals surface area contributed by atoms with E-state index in [9.17, 15) is 18.4 Å². The molecule has 120 valence electrons. The first kappa shape index (κ1) is 16.5. The number of ketones is 1. The second-order valence-corrected chi connectivity index (χ2v) is 5.28. The van der Waals surface area contributed by atoms with E-state index in [1.165, 1.54) is 0 Å². The summed E-state index contributed by atoms with van der Waals surface area (Å²) in [6.45, 7) is 0. The lowest BCUT2D eigenvalue weighted by Crippen LogP contribution is -2.27. The molecule has 0 aliphatic heterocycles. The van der Waals surface area contributed by atoms with E-state index >= 15 is 0 Å². The van der Waals surface area contributed by atoms with Crippen molar-refractivity contribution < 1.29 is 27.8 Å². The smallest absolute Gasteiger partial charge is 0.306 e. The van der Waals surface area contributed by atoms with Gasteiger partial charge in [0.2, 0.25) is 0 Å². The highest BCUT2D eigenvalue weighted by Crippen LogP contribution is 2.25. The van der Waals surface area contributed by atoms with Crippen LogP contribution in [0.3, 0.4) is 0 Å². The molecule has 0 aromatic heterocycles. The molecule has 1 fully saturated rings. The van der Waals surface area contributed by atoms with Crippen LogP contribution in [-0.4, -0.2) is 31.1 Å². The lowest BCUT2D eigenvalue weighted by molar-refractivity contribution is -0.154. The minimum Gasteiger partial charge on any atom is -0.460 e. The van der Waals surface area contributed by atoms with E-state index in [1.54, 1.807) is 7.11 Å². The Balaban J connectivity index is 1.84. The summed E-state index contributed by atoms with van der Waals surface area (Å²) in [7, 11) is 1.57. The van der Waals surface area contributed by atoms with E-state index in [2.05, 4.69) is 0 Å². The number of hydrogen-bond donors (Lipinski definition) is 0. The minimum atomic E-state index is -0.923. The van der Waals surface area contributed by atoms with E-state index in [1.807, 2.05) is 0 Å². The highest BCUT2D eigenvalue weighted by Gasteiger charge is 2.30. The molecule has 0 saturated heterocycles. The Morgan fingerprint density at radius 2 is 1.91 bits per heavy atom. The van der Waals surface area contributed by atoms with Gasteiger partial charge in [0.1, 0.15) is 17.7 Å². The Hall–Kier alpha value is -1.82. The third-order valence-electron chi connectivity index (χ3n) is 3.77. The van der Waals surface area contributed by atoms with E-state index in [-0.39, 0.29) is 30.6 Å². The fourth-order valence-corrected chi connectivity index (χ4v) is 2.59. The Kier molecular flexibility index (Phi) is 5.60. The second kappa shape index (κ2) is 7.45. The summed E-state index contributed by atoms with van der Waals surface area (Å²) in [5.41, 5.74) is -0.218. The molecule has 0 spiro atoms. The molecular weight excluding hydrogens is 294 g/mol. The molecule has 0 heterocycles. The molecule has 2 rings (SSSR count). The van der Waals surface area contributed by atoms with Gasteiger partial charge in [-0.25, -0.2) is 8.78 Å². The molecule has 0 unspecified atom stereocenters. The molecule has 6 heteroatoms. The molecule has 22 heavy (non-hydrogen) atoms. The predicted octanol–water partition coefficient (Wildman–Crippen LogP) is 3.04. The lowest BCUT2D eigenvalue weighted by atomic mass is 10.1. The van der Waals surface area contributed by atoms with Gasteiger partial charge >= 0.3 is 5.97 Å². The van der Waals surface area contributed by atoms with Gasteiger partial charge in [-0.3, -0.25) is 9.59 Å². The van der Waals surface area contributed by atoms with Crippen molar-refractivity contribution in [2.24, 2.45) is 0 Å². The molecule has 1 aromatic carbocycles. The van der Waals surface area contributed by atoms with Gasteiger partial charge in [-0.15, -0.1) is 0 Å². The van der Waals surface area contributed by atoms with Gasteiger partial charge < -0.3 is 9.47 Å². The highest BCUT2D eigenvalue weighted by atomic mass is 19.1. The molecule has 0 radical (unpaired) electrons. The van der Waals surface area contributed by atoms with Gasteiger partial charge in [-0.2, -0.15) is 0 Å². The van der Waals surface area contributed by atoms with Gasteiger partial charge in [0, 0.05) is 19.6 Å². The zero-order chi connectivity index (χ0) is 16.1. The van der Waals surface area contributed by atoms with E-state index in [0.29, 0.717) is 6.07 Å². The summed E-state index contributed by atoms with van der Waals surface area (Å²) < 4.78 is 36.7. The number of benzene rings is 1. The third-order valence-corrected chi connectivity index (χ3v) is 3.77. The lowest BCUT2D eigenvalue weighted by Gasteiger charge is -2.18. The van der Waals surface area contributed by atoms with Crippen LogP contribution in [-0.2, 0) is 14.3 Å². The summed E-state index contributed by atoms with van der Waals surface area (Å²) in [6.07, 6.45) is 1.81. The molecule has 0 bridgehead atoms. The number of esters is 1. The molecule has 4 nitrogen and oxygen atoms in total.